The van der Waals surface area contributed by atoms with E-state index in [1.165, 1.54) is 0 Å². The number of ether oxygens (including phenoxy) is 1. The summed E-state index contributed by atoms with van der Waals surface area (Å²) in [5.74, 6) is -0.843. The highest BCUT2D eigenvalue weighted by atomic mass is 16.5. The van der Waals surface area contributed by atoms with E-state index in [2.05, 4.69) is 4.98 Å². The normalized spacial score (nSPS) is 12.5. The third-order valence-electron chi connectivity index (χ3n) is 3.68. The predicted molar refractivity (Wildman–Crippen MR) is 84.4 cm³/mol. The minimum absolute atomic E-state index is 0.00263. The lowest BCUT2D eigenvalue weighted by Gasteiger charge is -2.13. The van der Waals surface area contributed by atoms with Gasteiger partial charge in [0.1, 0.15) is 5.75 Å². The Balaban J connectivity index is 2.23. The number of carboxylic acid groups (broad SMARTS) is 1. The number of nitrogens with one attached hydrogen (secondary N) is 1. The molecule has 2 aromatic rings. The molecule has 0 unspecified atom stereocenters. The number of hydrogen-bond acceptors (Lipinski definition) is 3. The maximum atomic E-state index is 12.4. The number of carbonyl (C=O) groups is 2. The van der Waals surface area contributed by atoms with Crippen molar-refractivity contribution in [2.75, 3.05) is 7.11 Å². The van der Waals surface area contributed by atoms with Crippen LogP contribution < -0.4 is 4.74 Å². The number of fused-ring (bicyclic) bond motifs is 1. The molecule has 0 radical (unpaired) electrons. The van der Waals surface area contributed by atoms with Gasteiger partial charge in [0.05, 0.1) is 18.7 Å². The first-order chi connectivity index (χ1) is 10.4. The van der Waals surface area contributed by atoms with Crippen molar-refractivity contribution >= 4 is 22.7 Å². The Labute approximate surface area is 129 Å². The van der Waals surface area contributed by atoms with Gasteiger partial charge >= 0.3 is 5.97 Å². The van der Waals surface area contributed by atoms with E-state index >= 15 is 0 Å². The summed E-state index contributed by atoms with van der Waals surface area (Å²) in [4.78, 5) is 26.7. The van der Waals surface area contributed by atoms with Crippen LogP contribution in [-0.4, -0.2) is 29.0 Å². The Morgan fingerprint density at radius 3 is 2.64 bits per heavy atom. The summed E-state index contributed by atoms with van der Waals surface area (Å²) in [5.41, 5.74) is 1.23. The molecule has 0 saturated carbocycles. The number of carbonyl (C=O) groups excluding carboxylic acids is 1. The molecule has 0 fully saturated rings. The van der Waals surface area contributed by atoms with Crippen LogP contribution >= 0.6 is 0 Å². The van der Waals surface area contributed by atoms with E-state index in [9.17, 15) is 14.7 Å². The van der Waals surface area contributed by atoms with Crippen molar-refractivity contribution in [3.05, 3.63) is 30.0 Å². The van der Waals surface area contributed by atoms with Crippen molar-refractivity contribution < 1.29 is 19.4 Å². The number of ketones is 1. The fraction of sp³-hybridized carbons (Fsp3) is 0.412. The van der Waals surface area contributed by atoms with Gasteiger partial charge in [-0.1, -0.05) is 19.9 Å². The highest BCUT2D eigenvalue weighted by Gasteiger charge is 2.24. The lowest BCUT2D eigenvalue weighted by Crippen LogP contribution is -2.20. The molecule has 5 nitrogen and oxygen atoms in total. The highest BCUT2D eigenvalue weighted by Crippen LogP contribution is 2.27. The van der Waals surface area contributed by atoms with Gasteiger partial charge in [0, 0.05) is 17.3 Å². The molecule has 1 heterocycles. The van der Waals surface area contributed by atoms with Gasteiger partial charge in [0.25, 0.3) is 0 Å². The molecule has 1 aromatic heterocycles. The van der Waals surface area contributed by atoms with E-state index in [0.717, 1.165) is 10.9 Å². The van der Waals surface area contributed by atoms with Gasteiger partial charge in [0.15, 0.2) is 5.78 Å². The molecule has 0 aliphatic carbocycles. The first-order valence-corrected chi connectivity index (χ1v) is 7.34. The van der Waals surface area contributed by atoms with Gasteiger partial charge in [-0.3, -0.25) is 9.59 Å². The minimum atomic E-state index is -0.921. The molecule has 0 aliphatic rings. The van der Waals surface area contributed by atoms with Crippen LogP contribution in [0.4, 0.5) is 0 Å². The lowest BCUT2D eigenvalue weighted by molar-refractivity contribution is -0.142. The number of carboxylic acids is 1. The number of H-pyrrole nitrogens is 1. The van der Waals surface area contributed by atoms with Crippen LogP contribution in [0.5, 0.6) is 5.75 Å². The number of aromatic nitrogens is 1. The Hall–Kier alpha value is -2.30. The summed E-state index contributed by atoms with van der Waals surface area (Å²) in [6, 6.07) is 7.25. The quantitative estimate of drug-likeness (QED) is 0.767. The third kappa shape index (κ3) is 3.47. The van der Waals surface area contributed by atoms with Crippen LogP contribution in [0.15, 0.2) is 24.3 Å². The summed E-state index contributed by atoms with van der Waals surface area (Å²) < 4.78 is 5.27. The molecular weight excluding hydrogens is 282 g/mol. The number of hydrogen-bond donors (Lipinski definition) is 2. The van der Waals surface area contributed by atoms with Crippen LogP contribution in [0, 0.1) is 11.8 Å². The third-order valence-corrected chi connectivity index (χ3v) is 3.68. The summed E-state index contributed by atoms with van der Waals surface area (Å²) >= 11 is 0. The van der Waals surface area contributed by atoms with Crippen molar-refractivity contribution in [1.82, 2.24) is 4.98 Å². The zero-order valence-electron chi connectivity index (χ0n) is 13.1. The number of aromatic amines is 1. The number of Topliss-reactive ketones (excluding diaryl/α,β-unsaturated/α-hetero) is 1. The molecule has 0 bridgehead atoms. The van der Waals surface area contributed by atoms with Crippen molar-refractivity contribution in [1.29, 1.82) is 0 Å². The molecule has 0 saturated heterocycles. The average Bonchev–Trinajstić information content (AvgIpc) is 2.89. The van der Waals surface area contributed by atoms with Crippen LogP contribution in [0.25, 0.3) is 10.9 Å². The van der Waals surface area contributed by atoms with Crippen molar-refractivity contribution in [3.8, 4) is 5.75 Å². The van der Waals surface area contributed by atoms with Gasteiger partial charge in [-0.15, -0.1) is 0 Å². The van der Waals surface area contributed by atoms with Gasteiger partial charge in [0.2, 0.25) is 0 Å². The molecular formula is C17H21NO4. The topological polar surface area (TPSA) is 79.4 Å². The van der Waals surface area contributed by atoms with Gasteiger partial charge in [-0.05, 0) is 30.5 Å². The second kappa shape index (κ2) is 6.64. The molecule has 2 rings (SSSR count). The lowest BCUT2D eigenvalue weighted by atomic mass is 9.92. The standard InChI is InChI=1S/C17H21NO4/c1-10(2)7-11(17(20)21)8-15(19)14-9-12-13(18-14)5-4-6-16(12)22-3/h4-6,9-11,18H,7-8H2,1-3H3,(H,20,21)/t11-/m1/s1. The molecule has 0 amide bonds. The van der Waals surface area contributed by atoms with Crippen LogP contribution in [0.1, 0.15) is 37.2 Å². The second-order valence-corrected chi connectivity index (χ2v) is 5.90. The summed E-state index contributed by atoms with van der Waals surface area (Å²) in [5, 5.41) is 10.1. The minimum Gasteiger partial charge on any atom is -0.496 e. The molecule has 118 valence electrons. The number of rotatable bonds is 7. The van der Waals surface area contributed by atoms with E-state index in [0.29, 0.717) is 17.9 Å². The van der Waals surface area contributed by atoms with Crippen LogP contribution in [0.2, 0.25) is 0 Å². The predicted octanol–water partition coefficient (Wildman–Crippen LogP) is 3.50. The number of methoxy groups -OCH3 is 1. The van der Waals surface area contributed by atoms with Crippen LogP contribution in [0.3, 0.4) is 0 Å². The average molecular weight is 303 g/mol. The highest BCUT2D eigenvalue weighted by molar-refractivity contribution is 6.01. The Kier molecular flexibility index (Phi) is 4.85. The molecule has 0 spiro atoms. The Morgan fingerprint density at radius 1 is 1.32 bits per heavy atom. The molecule has 1 atom stereocenters. The SMILES string of the molecule is COc1cccc2[nH]c(C(=O)C[C@@H](CC(C)C)C(=O)O)cc12. The zero-order valence-corrected chi connectivity index (χ0v) is 13.1. The van der Waals surface area contributed by atoms with Crippen molar-refractivity contribution in [2.24, 2.45) is 11.8 Å². The molecule has 2 N–H and O–H groups in total. The summed E-state index contributed by atoms with van der Waals surface area (Å²) in [7, 11) is 1.58. The fourth-order valence-corrected chi connectivity index (χ4v) is 2.63. The van der Waals surface area contributed by atoms with Crippen LogP contribution in [-0.2, 0) is 4.79 Å². The zero-order chi connectivity index (χ0) is 16.3. The first-order valence-electron chi connectivity index (χ1n) is 7.34. The summed E-state index contributed by atoms with van der Waals surface area (Å²) in [6.45, 7) is 3.91. The van der Waals surface area contributed by atoms with E-state index in [1.54, 1.807) is 13.2 Å². The summed E-state index contributed by atoms with van der Waals surface area (Å²) in [6.07, 6.45) is 0.493. The largest absolute Gasteiger partial charge is 0.496 e. The van der Waals surface area contributed by atoms with Crippen molar-refractivity contribution in [2.45, 2.75) is 26.7 Å². The van der Waals surface area contributed by atoms with E-state index in [4.69, 9.17) is 4.74 Å². The molecule has 0 aliphatic heterocycles. The van der Waals surface area contributed by atoms with Gasteiger partial charge in [-0.25, -0.2) is 0 Å². The molecule has 22 heavy (non-hydrogen) atoms. The van der Waals surface area contributed by atoms with E-state index in [-0.39, 0.29) is 18.1 Å². The van der Waals surface area contributed by atoms with Gasteiger partial charge < -0.3 is 14.8 Å². The number of aliphatic carboxylic acids is 1. The first kappa shape index (κ1) is 16.1. The molecule has 1 aromatic carbocycles. The van der Waals surface area contributed by atoms with Gasteiger partial charge in [-0.2, -0.15) is 0 Å². The molecule has 5 heteroatoms. The second-order valence-electron chi connectivity index (χ2n) is 5.90. The monoisotopic (exact) mass is 303 g/mol. The van der Waals surface area contributed by atoms with E-state index < -0.39 is 11.9 Å². The number of benzene rings is 1. The maximum absolute atomic E-state index is 12.4. The Morgan fingerprint density at radius 2 is 2.05 bits per heavy atom. The van der Waals surface area contributed by atoms with Crippen molar-refractivity contribution in [3.63, 3.8) is 0 Å². The van der Waals surface area contributed by atoms with E-state index in [1.807, 2.05) is 32.0 Å². The smallest absolute Gasteiger partial charge is 0.306 e. The Bertz CT molecular complexity index is 687. The maximum Gasteiger partial charge on any atom is 0.306 e. The fourth-order valence-electron chi connectivity index (χ4n) is 2.63.